The number of methoxy groups -OCH3 is 3. The highest BCUT2D eigenvalue weighted by atomic mass is 16.5. The van der Waals surface area contributed by atoms with Crippen molar-refractivity contribution in [3.05, 3.63) is 47.5 Å². The summed E-state index contributed by atoms with van der Waals surface area (Å²) in [6.45, 7) is -0.494. The second-order valence-corrected chi connectivity index (χ2v) is 5.57. The minimum atomic E-state index is -1.21. The molecular weight excluding hydrogens is 356 g/mol. The average Bonchev–Trinajstić information content (AvgIpc) is 2.71. The van der Waals surface area contributed by atoms with Crippen LogP contribution in [0.4, 0.5) is 0 Å². The summed E-state index contributed by atoms with van der Waals surface area (Å²) in [6.07, 6.45) is -2.24. The van der Waals surface area contributed by atoms with E-state index in [2.05, 4.69) is 4.74 Å². The predicted octanol–water partition coefficient (Wildman–Crippen LogP) is 1.67. The molecule has 3 N–H and O–H groups in total. The molecule has 0 amide bonds. The van der Waals surface area contributed by atoms with E-state index in [1.807, 2.05) is 0 Å². The van der Waals surface area contributed by atoms with Crippen LogP contribution < -0.4 is 14.2 Å². The van der Waals surface area contributed by atoms with Gasteiger partial charge in [0.25, 0.3) is 0 Å². The van der Waals surface area contributed by atoms with E-state index in [0.717, 1.165) is 0 Å². The van der Waals surface area contributed by atoms with Crippen LogP contribution in [0.5, 0.6) is 23.0 Å². The van der Waals surface area contributed by atoms with E-state index < -0.39 is 24.8 Å². The number of rotatable bonds is 8. The van der Waals surface area contributed by atoms with Crippen molar-refractivity contribution in [1.82, 2.24) is 0 Å². The minimum Gasteiger partial charge on any atom is -0.504 e. The van der Waals surface area contributed by atoms with Crippen LogP contribution in [0.1, 0.15) is 22.0 Å². The molecule has 0 aliphatic rings. The van der Waals surface area contributed by atoms with Gasteiger partial charge in [-0.3, -0.25) is 0 Å². The molecule has 2 aromatic rings. The molecule has 2 rings (SSSR count). The number of phenolic OH excluding ortho intramolecular Hbond substituents is 1. The zero-order valence-corrected chi connectivity index (χ0v) is 15.2. The molecule has 0 aliphatic heterocycles. The molecular formula is C19H22O8. The average molecular weight is 378 g/mol. The van der Waals surface area contributed by atoms with Crippen LogP contribution in [0.3, 0.4) is 0 Å². The molecule has 2 aromatic carbocycles. The zero-order chi connectivity index (χ0) is 20.0. The maximum atomic E-state index is 11.6. The number of esters is 1. The van der Waals surface area contributed by atoms with Gasteiger partial charge in [-0.1, -0.05) is 6.07 Å². The Labute approximate surface area is 156 Å². The van der Waals surface area contributed by atoms with Crippen molar-refractivity contribution in [2.75, 3.05) is 27.9 Å². The lowest BCUT2D eigenvalue weighted by Crippen LogP contribution is -2.29. The first-order valence-corrected chi connectivity index (χ1v) is 8.04. The Hall–Kier alpha value is -2.97. The topological polar surface area (TPSA) is 115 Å². The standard InChI is InChI=1S/C19H22O8/c1-24-15-8-11(4-6-13(15)21)18(22)17(10-20)27-14-7-5-12(19(23)26-3)9-16(14)25-2/h4-9,17-18,20-22H,10H2,1-3H3. The van der Waals surface area contributed by atoms with Crippen LogP contribution in [0.15, 0.2) is 36.4 Å². The third kappa shape index (κ3) is 4.60. The van der Waals surface area contributed by atoms with Gasteiger partial charge in [-0.05, 0) is 35.9 Å². The van der Waals surface area contributed by atoms with Gasteiger partial charge < -0.3 is 34.3 Å². The smallest absolute Gasteiger partial charge is 0.337 e. The van der Waals surface area contributed by atoms with Crippen LogP contribution in [0, 0.1) is 0 Å². The zero-order valence-electron chi connectivity index (χ0n) is 15.2. The molecule has 0 heterocycles. The monoisotopic (exact) mass is 378 g/mol. The highest BCUT2D eigenvalue weighted by Crippen LogP contribution is 2.34. The lowest BCUT2D eigenvalue weighted by molar-refractivity contribution is -0.000544. The molecule has 2 atom stereocenters. The van der Waals surface area contributed by atoms with Crippen molar-refractivity contribution in [1.29, 1.82) is 0 Å². The molecule has 2 unspecified atom stereocenters. The van der Waals surface area contributed by atoms with Gasteiger partial charge in [0.05, 0.1) is 33.5 Å². The van der Waals surface area contributed by atoms with Crippen molar-refractivity contribution in [2.24, 2.45) is 0 Å². The first-order valence-electron chi connectivity index (χ1n) is 8.04. The normalized spacial score (nSPS) is 12.8. The maximum absolute atomic E-state index is 11.6. The molecule has 27 heavy (non-hydrogen) atoms. The largest absolute Gasteiger partial charge is 0.504 e. The number of hydrogen-bond donors (Lipinski definition) is 3. The molecule has 0 saturated heterocycles. The number of phenols is 1. The number of aliphatic hydroxyl groups is 2. The lowest BCUT2D eigenvalue weighted by Gasteiger charge is -2.24. The quantitative estimate of drug-likeness (QED) is 0.594. The van der Waals surface area contributed by atoms with Gasteiger partial charge in [-0.25, -0.2) is 4.79 Å². The van der Waals surface area contributed by atoms with Crippen LogP contribution in [-0.2, 0) is 4.74 Å². The summed E-state index contributed by atoms with van der Waals surface area (Å²) in [6, 6.07) is 8.71. The molecule has 0 fully saturated rings. The van der Waals surface area contributed by atoms with Crippen LogP contribution in [0.25, 0.3) is 0 Å². The summed E-state index contributed by atoms with van der Waals surface area (Å²) in [5.41, 5.74) is 0.653. The Balaban J connectivity index is 2.27. The van der Waals surface area contributed by atoms with Gasteiger partial charge in [0.2, 0.25) is 0 Å². The molecule has 0 radical (unpaired) electrons. The number of carbonyl (C=O) groups excluding carboxylic acids is 1. The van der Waals surface area contributed by atoms with E-state index in [1.165, 1.54) is 57.7 Å². The summed E-state index contributed by atoms with van der Waals surface area (Å²) in [4.78, 5) is 11.6. The highest BCUT2D eigenvalue weighted by molar-refractivity contribution is 5.90. The first kappa shape index (κ1) is 20.3. The van der Waals surface area contributed by atoms with Crippen LogP contribution >= 0.6 is 0 Å². The van der Waals surface area contributed by atoms with E-state index in [4.69, 9.17) is 14.2 Å². The van der Waals surface area contributed by atoms with E-state index in [1.54, 1.807) is 0 Å². The SMILES string of the molecule is COC(=O)c1ccc(OC(CO)C(O)c2ccc(O)c(OC)c2)c(OC)c1. The predicted molar refractivity (Wildman–Crippen MR) is 95.5 cm³/mol. The number of carbonyl (C=O) groups is 1. The summed E-state index contributed by atoms with van der Waals surface area (Å²) >= 11 is 0. The molecule has 146 valence electrons. The van der Waals surface area contributed by atoms with Gasteiger partial charge in [0.15, 0.2) is 29.1 Å². The summed E-state index contributed by atoms with van der Waals surface area (Å²) in [7, 11) is 4.06. The van der Waals surface area contributed by atoms with Crippen molar-refractivity contribution in [3.8, 4) is 23.0 Å². The molecule has 8 nitrogen and oxygen atoms in total. The van der Waals surface area contributed by atoms with Crippen molar-refractivity contribution in [2.45, 2.75) is 12.2 Å². The number of benzene rings is 2. The fourth-order valence-electron chi connectivity index (χ4n) is 2.47. The van der Waals surface area contributed by atoms with Crippen molar-refractivity contribution < 1.29 is 39.1 Å². The highest BCUT2D eigenvalue weighted by Gasteiger charge is 2.25. The van der Waals surface area contributed by atoms with Gasteiger partial charge in [0.1, 0.15) is 6.10 Å². The second-order valence-electron chi connectivity index (χ2n) is 5.57. The maximum Gasteiger partial charge on any atom is 0.337 e. The van der Waals surface area contributed by atoms with E-state index >= 15 is 0 Å². The number of hydrogen-bond acceptors (Lipinski definition) is 8. The fraction of sp³-hybridized carbons (Fsp3) is 0.316. The minimum absolute atomic E-state index is 0.0741. The number of ether oxygens (including phenoxy) is 4. The third-order valence-electron chi connectivity index (χ3n) is 3.94. The first-order chi connectivity index (χ1) is 12.9. The molecule has 0 aliphatic carbocycles. The Morgan fingerprint density at radius 1 is 1.00 bits per heavy atom. The van der Waals surface area contributed by atoms with Crippen LogP contribution in [0.2, 0.25) is 0 Å². The molecule has 0 saturated carbocycles. The summed E-state index contributed by atoms with van der Waals surface area (Å²) in [5.74, 6) is 0.0499. The van der Waals surface area contributed by atoms with Gasteiger partial charge in [-0.15, -0.1) is 0 Å². The number of aromatic hydroxyl groups is 1. The Kier molecular flexibility index (Phi) is 6.86. The van der Waals surface area contributed by atoms with E-state index in [0.29, 0.717) is 5.56 Å². The summed E-state index contributed by atoms with van der Waals surface area (Å²) in [5, 5.41) is 29.9. The molecule has 0 bridgehead atoms. The van der Waals surface area contributed by atoms with Gasteiger partial charge in [0, 0.05) is 0 Å². The van der Waals surface area contributed by atoms with E-state index in [-0.39, 0.29) is 28.6 Å². The molecule has 0 aromatic heterocycles. The Bertz CT molecular complexity index is 789. The van der Waals surface area contributed by atoms with Crippen molar-refractivity contribution in [3.63, 3.8) is 0 Å². The molecule has 0 spiro atoms. The third-order valence-corrected chi connectivity index (χ3v) is 3.94. The second kappa shape index (κ2) is 9.11. The molecule has 8 heteroatoms. The van der Waals surface area contributed by atoms with E-state index in [9.17, 15) is 20.1 Å². The lowest BCUT2D eigenvalue weighted by atomic mass is 10.0. The van der Waals surface area contributed by atoms with Crippen molar-refractivity contribution >= 4 is 5.97 Å². The van der Waals surface area contributed by atoms with Gasteiger partial charge in [-0.2, -0.15) is 0 Å². The fourth-order valence-corrected chi connectivity index (χ4v) is 2.47. The van der Waals surface area contributed by atoms with Gasteiger partial charge >= 0.3 is 5.97 Å². The number of aliphatic hydroxyl groups excluding tert-OH is 2. The Morgan fingerprint density at radius 3 is 2.30 bits per heavy atom. The summed E-state index contributed by atoms with van der Waals surface area (Å²) < 4.78 is 20.6. The van der Waals surface area contributed by atoms with Crippen LogP contribution in [-0.4, -0.2) is 55.3 Å². The Morgan fingerprint density at radius 2 is 1.70 bits per heavy atom.